The molecule has 2 unspecified atom stereocenters. The summed E-state index contributed by atoms with van der Waals surface area (Å²) in [5.74, 6) is -0.0931. The summed E-state index contributed by atoms with van der Waals surface area (Å²) in [5, 5.41) is 14.8. The third kappa shape index (κ3) is 2.62. The van der Waals surface area contributed by atoms with Crippen LogP contribution < -0.4 is 10.6 Å². The molecule has 19 heavy (non-hydrogen) atoms. The van der Waals surface area contributed by atoms with Crippen molar-refractivity contribution in [3.05, 3.63) is 11.9 Å². The van der Waals surface area contributed by atoms with Crippen molar-refractivity contribution in [2.45, 2.75) is 36.6 Å². The Hall–Kier alpha value is -1.08. The molecule has 1 aromatic heterocycles. The number of hydrogen-bond donors (Lipinski definition) is 2. The van der Waals surface area contributed by atoms with Crippen LogP contribution in [0.15, 0.2) is 6.20 Å². The van der Waals surface area contributed by atoms with E-state index >= 15 is 0 Å². The van der Waals surface area contributed by atoms with E-state index in [9.17, 15) is 4.79 Å². The highest BCUT2D eigenvalue weighted by molar-refractivity contribution is 7.99. The van der Waals surface area contributed by atoms with Crippen LogP contribution in [0.25, 0.3) is 0 Å². The van der Waals surface area contributed by atoms with Crippen molar-refractivity contribution in [3.8, 4) is 0 Å². The molecule has 1 aliphatic heterocycles. The number of carbonyl (C=O) groups excluding carboxylic acids is 1. The van der Waals surface area contributed by atoms with Gasteiger partial charge in [-0.1, -0.05) is 11.6 Å². The fourth-order valence-corrected chi connectivity index (χ4v) is 3.57. The normalized spacial score (nSPS) is 27.2. The van der Waals surface area contributed by atoms with Crippen LogP contribution >= 0.6 is 11.8 Å². The quantitative estimate of drug-likeness (QED) is 0.838. The van der Waals surface area contributed by atoms with Gasteiger partial charge in [0.15, 0.2) is 5.69 Å². The molecule has 7 heteroatoms. The van der Waals surface area contributed by atoms with Crippen molar-refractivity contribution in [1.29, 1.82) is 0 Å². The molecule has 1 aliphatic carbocycles. The lowest BCUT2D eigenvalue weighted by Gasteiger charge is -2.26. The zero-order valence-corrected chi connectivity index (χ0v) is 11.8. The summed E-state index contributed by atoms with van der Waals surface area (Å²) in [6.45, 7) is 1.81. The zero-order valence-electron chi connectivity index (χ0n) is 11.0. The summed E-state index contributed by atoms with van der Waals surface area (Å²) in [6, 6.07) is 0.623. The Kier molecular flexibility index (Phi) is 3.74. The molecular formula is C12H19N5OS. The van der Waals surface area contributed by atoms with E-state index in [4.69, 9.17) is 0 Å². The summed E-state index contributed by atoms with van der Waals surface area (Å²) in [5.41, 5.74) is 0.429. The van der Waals surface area contributed by atoms with Crippen LogP contribution in [0.4, 0.5) is 0 Å². The van der Waals surface area contributed by atoms with Gasteiger partial charge in [-0.15, -0.1) is 5.10 Å². The summed E-state index contributed by atoms with van der Waals surface area (Å²) in [6.07, 6.45) is 7.31. The summed E-state index contributed by atoms with van der Waals surface area (Å²) >= 11 is 1.84. The van der Waals surface area contributed by atoms with Crippen molar-refractivity contribution in [2.75, 3.05) is 19.3 Å². The lowest BCUT2D eigenvalue weighted by atomic mass is 10.2. The topological polar surface area (TPSA) is 71.8 Å². The van der Waals surface area contributed by atoms with Crippen LogP contribution in [0, 0.1) is 0 Å². The third-order valence-electron chi connectivity index (χ3n) is 3.95. The number of thioether (sulfide) groups is 1. The Balaban J connectivity index is 1.61. The van der Waals surface area contributed by atoms with Crippen molar-refractivity contribution in [3.63, 3.8) is 0 Å². The van der Waals surface area contributed by atoms with Gasteiger partial charge < -0.3 is 10.6 Å². The van der Waals surface area contributed by atoms with E-state index in [0.717, 1.165) is 19.5 Å². The molecule has 2 fully saturated rings. The fourth-order valence-electron chi connectivity index (χ4n) is 2.64. The number of aromatic nitrogens is 3. The highest BCUT2D eigenvalue weighted by Gasteiger charge is 2.29. The molecule has 0 bridgehead atoms. The van der Waals surface area contributed by atoms with E-state index in [1.54, 1.807) is 10.9 Å². The number of nitrogens with one attached hydrogen (secondary N) is 2. The van der Waals surface area contributed by atoms with Crippen molar-refractivity contribution >= 4 is 17.7 Å². The molecule has 0 aromatic carbocycles. The van der Waals surface area contributed by atoms with Crippen LogP contribution in [0.1, 0.15) is 35.8 Å². The Morgan fingerprint density at radius 3 is 3.05 bits per heavy atom. The second-order valence-corrected chi connectivity index (χ2v) is 6.26. The van der Waals surface area contributed by atoms with Gasteiger partial charge in [0.1, 0.15) is 0 Å². The number of rotatable bonds is 4. The van der Waals surface area contributed by atoms with Gasteiger partial charge in [0.05, 0.1) is 12.2 Å². The zero-order chi connectivity index (χ0) is 13.2. The van der Waals surface area contributed by atoms with Crippen LogP contribution in [-0.4, -0.2) is 51.5 Å². The van der Waals surface area contributed by atoms with Crippen LogP contribution in [0.5, 0.6) is 0 Å². The maximum atomic E-state index is 12.2. The van der Waals surface area contributed by atoms with Crippen LogP contribution in [0.3, 0.4) is 0 Å². The molecule has 2 N–H and O–H groups in total. The molecule has 1 saturated carbocycles. The number of hydrogen-bond acceptors (Lipinski definition) is 5. The maximum absolute atomic E-state index is 12.2. The lowest BCUT2D eigenvalue weighted by molar-refractivity contribution is 0.0933. The van der Waals surface area contributed by atoms with Crippen LogP contribution in [-0.2, 0) is 0 Å². The predicted octanol–water partition coefficient (Wildman–Crippen LogP) is 0.436. The first-order chi connectivity index (χ1) is 9.28. The highest BCUT2D eigenvalue weighted by Crippen LogP contribution is 2.28. The average molecular weight is 281 g/mol. The van der Waals surface area contributed by atoms with Gasteiger partial charge in [0.25, 0.3) is 5.91 Å². The minimum absolute atomic E-state index is 0.0931. The van der Waals surface area contributed by atoms with Crippen molar-refractivity contribution in [1.82, 2.24) is 25.6 Å². The molecule has 1 saturated heterocycles. The van der Waals surface area contributed by atoms with Gasteiger partial charge in [-0.3, -0.25) is 4.79 Å². The molecule has 0 spiro atoms. The smallest absolute Gasteiger partial charge is 0.273 e. The van der Waals surface area contributed by atoms with Crippen molar-refractivity contribution < 1.29 is 4.79 Å². The van der Waals surface area contributed by atoms with Gasteiger partial charge in [-0.05, 0) is 19.1 Å². The minimum atomic E-state index is -0.0931. The first-order valence-electron chi connectivity index (χ1n) is 6.74. The summed E-state index contributed by atoms with van der Waals surface area (Å²) in [7, 11) is 0. The Morgan fingerprint density at radius 1 is 1.53 bits per heavy atom. The monoisotopic (exact) mass is 281 g/mol. The average Bonchev–Trinajstić information content (AvgIpc) is 2.95. The number of nitrogens with zero attached hydrogens (tertiary/aromatic N) is 3. The van der Waals surface area contributed by atoms with Crippen molar-refractivity contribution in [2.24, 2.45) is 0 Å². The number of carbonyl (C=O) groups is 1. The molecule has 104 valence electrons. The first kappa shape index (κ1) is 12.9. The molecule has 2 atom stereocenters. The standard InChI is InChI=1S/C12H19N5OS/c1-19-11-4-2-3-9(11)14-12(18)10-7-17(16-15-10)8-5-13-6-8/h7-9,11,13H,2-6H2,1H3,(H,14,18). The van der Waals surface area contributed by atoms with E-state index < -0.39 is 0 Å². The fraction of sp³-hybridized carbons (Fsp3) is 0.750. The second-order valence-electron chi connectivity index (χ2n) is 5.18. The van der Waals surface area contributed by atoms with E-state index in [-0.39, 0.29) is 11.9 Å². The molecule has 0 radical (unpaired) electrons. The Morgan fingerprint density at radius 2 is 2.37 bits per heavy atom. The predicted molar refractivity (Wildman–Crippen MR) is 74.3 cm³/mol. The van der Waals surface area contributed by atoms with Gasteiger partial charge in [0.2, 0.25) is 0 Å². The summed E-state index contributed by atoms with van der Waals surface area (Å²) in [4.78, 5) is 12.2. The maximum Gasteiger partial charge on any atom is 0.273 e. The lowest BCUT2D eigenvalue weighted by Crippen LogP contribution is -2.43. The second kappa shape index (κ2) is 5.50. The molecular weight excluding hydrogens is 262 g/mol. The molecule has 6 nitrogen and oxygen atoms in total. The van der Waals surface area contributed by atoms with E-state index in [1.165, 1.54) is 12.8 Å². The van der Waals surface area contributed by atoms with E-state index in [2.05, 4.69) is 27.2 Å². The van der Waals surface area contributed by atoms with Crippen LogP contribution in [0.2, 0.25) is 0 Å². The minimum Gasteiger partial charge on any atom is -0.347 e. The molecule has 2 heterocycles. The van der Waals surface area contributed by atoms with E-state index in [0.29, 0.717) is 17.0 Å². The SMILES string of the molecule is CSC1CCCC1NC(=O)c1cn(C2CNC2)nn1. The Bertz CT molecular complexity index is 459. The molecule has 2 aliphatic rings. The molecule has 1 amide bonds. The third-order valence-corrected chi connectivity index (χ3v) is 5.12. The molecule has 3 rings (SSSR count). The van der Waals surface area contributed by atoms with Gasteiger partial charge >= 0.3 is 0 Å². The first-order valence-corrected chi connectivity index (χ1v) is 8.03. The van der Waals surface area contributed by atoms with E-state index in [1.807, 2.05) is 11.8 Å². The molecule has 1 aromatic rings. The summed E-state index contributed by atoms with van der Waals surface area (Å²) < 4.78 is 1.78. The van der Waals surface area contributed by atoms with Gasteiger partial charge in [-0.25, -0.2) is 4.68 Å². The largest absolute Gasteiger partial charge is 0.347 e. The van der Waals surface area contributed by atoms with Gasteiger partial charge in [-0.2, -0.15) is 11.8 Å². The number of amides is 1. The highest BCUT2D eigenvalue weighted by atomic mass is 32.2. The Labute approximate surface area is 116 Å². The van der Waals surface area contributed by atoms with Gasteiger partial charge in [0, 0.05) is 24.4 Å².